The van der Waals surface area contributed by atoms with Gasteiger partial charge in [0.2, 0.25) is 0 Å². The van der Waals surface area contributed by atoms with Crippen LogP contribution in [0.4, 0.5) is 0 Å². The Morgan fingerprint density at radius 3 is 2.67 bits per heavy atom. The van der Waals surface area contributed by atoms with Gasteiger partial charge >= 0.3 is 0 Å². The van der Waals surface area contributed by atoms with Gasteiger partial charge in [-0.05, 0) is 19.3 Å². The van der Waals surface area contributed by atoms with E-state index in [4.69, 9.17) is 5.73 Å². The van der Waals surface area contributed by atoms with Crippen molar-refractivity contribution in [3.05, 3.63) is 0 Å². The second-order valence-electron chi connectivity index (χ2n) is 3.87. The normalized spacial score (nSPS) is 19.5. The van der Waals surface area contributed by atoms with Crippen molar-refractivity contribution in [2.75, 3.05) is 6.54 Å². The third kappa shape index (κ3) is 4.07. The van der Waals surface area contributed by atoms with Crippen molar-refractivity contribution in [3.8, 4) is 0 Å². The van der Waals surface area contributed by atoms with E-state index in [9.17, 15) is 0 Å². The predicted molar refractivity (Wildman–Crippen MR) is 53.1 cm³/mol. The zero-order valence-corrected chi connectivity index (χ0v) is 8.18. The van der Waals surface area contributed by atoms with E-state index in [-0.39, 0.29) is 0 Å². The minimum absolute atomic E-state index is 0.587. The summed E-state index contributed by atoms with van der Waals surface area (Å²) in [6.45, 7) is 3.05. The van der Waals surface area contributed by atoms with Crippen LogP contribution in [0.15, 0.2) is 0 Å². The quantitative estimate of drug-likeness (QED) is 0.570. The standard InChI is InChI=1S/C10H22N2/c1-2-3-4-5-10(8-11)12-9-6-7-9/h9-10,12H,2-8,11H2,1H3. The molecule has 0 radical (unpaired) electrons. The van der Waals surface area contributed by atoms with Crippen LogP contribution < -0.4 is 11.1 Å². The third-order valence-electron chi connectivity index (χ3n) is 2.49. The van der Waals surface area contributed by atoms with E-state index in [1.807, 2.05) is 0 Å². The lowest BCUT2D eigenvalue weighted by Crippen LogP contribution is -2.37. The van der Waals surface area contributed by atoms with E-state index in [1.54, 1.807) is 0 Å². The predicted octanol–water partition coefficient (Wildman–Crippen LogP) is 1.65. The topological polar surface area (TPSA) is 38.0 Å². The van der Waals surface area contributed by atoms with Crippen LogP contribution in [0.3, 0.4) is 0 Å². The lowest BCUT2D eigenvalue weighted by atomic mass is 10.1. The Balaban J connectivity index is 1.98. The third-order valence-corrected chi connectivity index (χ3v) is 2.49. The van der Waals surface area contributed by atoms with E-state index in [1.165, 1.54) is 38.5 Å². The summed E-state index contributed by atoms with van der Waals surface area (Å²) in [5.74, 6) is 0. The van der Waals surface area contributed by atoms with Crippen LogP contribution in [0.25, 0.3) is 0 Å². The molecule has 2 heteroatoms. The van der Waals surface area contributed by atoms with E-state index in [0.717, 1.165) is 12.6 Å². The summed E-state index contributed by atoms with van der Waals surface area (Å²) in [5, 5.41) is 3.57. The van der Waals surface area contributed by atoms with Crippen LogP contribution >= 0.6 is 0 Å². The molecule has 0 amide bonds. The zero-order valence-electron chi connectivity index (χ0n) is 8.18. The van der Waals surface area contributed by atoms with Gasteiger partial charge in [0.05, 0.1) is 0 Å². The van der Waals surface area contributed by atoms with E-state index >= 15 is 0 Å². The maximum atomic E-state index is 5.67. The van der Waals surface area contributed by atoms with Crippen molar-refractivity contribution in [3.63, 3.8) is 0 Å². The van der Waals surface area contributed by atoms with Gasteiger partial charge in [-0.1, -0.05) is 26.2 Å². The fourth-order valence-corrected chi connectivity index (χ4v) is 1.49. The molecule has 1 rings (SSSR count). The number of unbranched alkanes of at least 4 members (excludes halogenated alkanes) is 2. The number of hydrogen-bond acceptors (Lipinski definition) is 2. The summed E-state index contributed by atoms with van der Waals surface area (Å²) in [6.07, 6.45) is 7.98. The first-order chi connectivity index (χ1) is 5.86. The summed E-state index contributed by atoms with van der Waals surface area (Å²) in [4.78, 5) is 0. The lowest BCUT2D eigenvalue weighted by molar-refractivity contribution is 0.463. The Morgan fingerprint density at radius 2 is 2.17 bits per heavy atom. The molecule has 0 spiro atoms. The monoisotopic (exact) mass is 170 g/mol. The van der Waals surface area contributed by atoms with Crippen LogP contribution in [-0.2, 0) is 0 Å². The van der Waals surface area contributed by atoms with Crippen molar-refractivity contribution in [1.29, 1.82) is 0 Å². The molecule has 72 valence electrons. The second-order valence-corrected chi connectivity index (χ2v) is 3.87. The highest BCUT2D eigenvalue weighted by atomic mass is 15.0. The molecule has 1 aliphatic rings. The Hall–Kier alpha value is -0.0800. The van der Waals surface area contributed by atoms with Crippen molar-refractivity contribution < 1.29 is 0 Å². The highest BCUT2D eigenvalue weighted by molar-refractivity contribution is 4.85. The summed E-state index contributed by atoms with van der Waals surface area (Å²) in [7, 11) is 0. The van der Waals surface area contributed by atoms with Crippen LogP contribution in [0.1, 0.15) is 45.4 Å². The molecule has 0 aromatic carbocycles. The Morgan fingerprint density at radius 1 is 1.42 bits per heavy atom. The molecular formula is C10H22N2. The molecule has 0 aliphatic heterocycles. The minimum atomic E-state index is 0.587. The van der Waals surface area contributed by atoms with Gasteiger partial charge in [-0.15, -0.1) is 0 Å². The van der Waals surface area contributed by atoms with Gasteiger partial charge in [-0.25, -0.2) is 0 Å². The number of hydrogen-bond donors (Lipinski definition) is 2. The molecule has 0 aromatic heterocycles. The van der Waals surface area contributed by atoms with E-state index in [2.05, 4.69) is 12.2 Å². The van der Waals surface area contributed by atoms with Crippen molar-refractivity contribution in [2.24, 2.45) is 5.73 Å². The van der Waals surface area contributed by atoms with Crippen molar-refractivity contribution in [1.82, 2.24) is 5.32 Å². The van der Waals surface area contributed by atoms with E-state index < -0.39 is 0 Å². The van der Waals surface area contributed by atoms with Gasteiger partial charge in [0.1, 0.15) is 0 Å². The lowest BCUT2D eigenvalue weighted by Gasteiger charge is -2.15. The molecule has 1 aliphatic carbocycles. The van der Waals surface area contributed by atoms with Crippen molar-refractivity contribution >= 4 is 0 Å². The van der Waals surface area contributed by atoms with Gasteiger partial charge < -0.3 is 11.1 Å². The molecule has 1 atom stereocenters. The van der Waals surface area contributed by atoms with Gasteiger partial charge in [-0.2, -0.15) is 0 Å². The molecule has 0 aromatic rings. The molecule has 0 heterocycles. The first kappa shape index (κ1) is 10.0. The van der Waals surface area contributed by atoms with Crippen LogP contribution in [-0.4, -0.2) is 18.6 Å². The fraction of sp³-hybridized carbons (Fsp3) is 1.00. The molecule has 12 heavy (non-hydrogen) atoms. The average molecular weight is 170 g/mol. The molecule has 1 unspecified atom stereocenters. The molecule has 1 saturated carbocycles. The van der Waals surface area contributed by atoms with E-state index in [0.29, 0.717) is 6.04 Å². The first-order valence-corrected chi connectivity index (χ1v) is 5.33. The number of rotatable bonds is 7. The largest absolute Gasteiger partial charge is 0.329 e. The smallest absolute Gasteiger partial charge is 0.0192 e. The molecular weight excluding hydrogens is 148 g/mol. The highest BCUT2D eigenvalue weighted by Gasteiger charge is 2.23. The number of nitrogens with two attached hydrogens (primary N) is 1. The molecule has 1 fully saturated rings. The summed E-state index contributed by atoms with van der Waals surface area (Å²) >= 11 is 0. The first-order valence-electron chi connectivity index (χ1n) is 5.33. The molecule has 3 N–H and O–H groups in total. The Kier molecular flexibility index (Phi) is 4.62. The molecule has 0 bridgehead atoms. The van der Waals surface area contributed by atoms with Crippen LogP contribution in [0.2, 0.25) is 0 Å². The Labute approximate surface area is 75.9 Å². The molecule has 2 nitrogen and oxygen atoms in total. The van der Waals surface area contributed by atoms with Crippen LogP contribution in [0, 0.1) is 0 Å². The summed E-state index contributed by atoms with van der Waals surface area (Å²) in [6, 6.07) is 1.39. The highest BCUT2D eigenvalue weighted by Crippen LogP contribution is 2.20. The summed E-state index contributed by atoms with van der Waals surface area (Å²) in [5.41, 5.74) is 5.67. The minimum Gasteiger partial charge on any atom is -0.329 e. The maximum Gasteiger partial charge on any atom is 0.0192 e. The zero-order chi connectivity index (χ0) is 8.81. The summed E-state index contributed by atoms with van der Waals surface area (Å²) < 4.78 is 0. The van der Waals surface area contributed by atoms with Crippen LogP contribution in [0.5, 0.6) is 0 Å². The Bertz CT molecular complexity index is 110. The number of nitrogens with one attached hydrogen (secondary N) is 1. The molecule has 0 saturated heterocycles. The van der Waals surface area contributed by atoms with Crippen molar-refractivity contribution in [2.45, 2.75) is 57.5 Å². The SMILES string of the molecule is CCCCCC(CN)NC1CC1. The fourth-order valence-electron chi connectivity index (χ4n) is 1.49. The van der Waals surface area contributed by atoms with Gasteiger partial charge in [0.25, 0.3) is 0 Å². The van der Waals surface area contributed by atoms with Gasteiger partial charge in [0, 0.05) is 18.6 Å². The maximum absolute atomic E-state index is 5.67. The van der Waals surface area contributed by atoms with Gasteiger partial charge in [0.15, 0.2) is 0 Å². The average Bonchev–Trinajstić information content (AvgIpc) is 2.87. The second kappa shape index (κ2) is 5.55. The van der Waals surface area contributed by atoms with Gasteiger partial charge in [-0.3, -0.25) is 0 Å².